The normalized spacial score (nSPS) is 11.7. The molecule has 0 radical (unpaired) electrons. The number of nitrogens with zero attached hydrogens (tertiary/aromatic N) is 3. The zero-order chi connectivity index (χ0) is 24.0. The standard InChI is InChI=1S/C24H28N4O5/c1-15(2)22(29)32-16(3)33-24(30)28(4)23-26-20-9-7-6-8-19(20)21(27-23)25-14-17-10-12-18(31-5)13-11-17/h6-13,15-16H,14H2,1-5H3,(H,25,26,27). The van der Waals surface area contributed by atoms with Crippen molar-refractivity contribution in [2.75, 3.05) is 24.4 Å². The molecule has 0 saturated heterocycles. The fourth-order valence-electron chi connectivity index (χ4n) is 2.90. The zero-order valence-corrected chi connectivity index (χ0v) is 19.4. The molecule has 1 aromatic heterocycles. The van der Waals surface area contributed by atoms with Gasteiger partial charge in [0.1, 0.15) is 11.6 Å². The van der Waals surface area contributed by atoms with Gasteiger partial charge in [0.05, 0.1) is 18.5 Å². The Bertz CT molecular complexity index is 1120. The van der Waals surface area contributed by atoms with Crippen LogP contribution in [-0.2, 0) is 20.8 Å². The summed E-state index contributed by atoms with van der Waals surface area (Å²) in [6.07, 6.45) is -1.78. The molecular weight excluding hydrogens is 424 g/mol. The predicted octanol–water partition coefficient (Wildman–Crippen LogP) is 4.37. The van der Waals surface area contributed by atoms with Gasteiger partial charge in [-0.1, -0.05) is 38.1 Å². The molecule has 9 nitrogen and oxygen atoms in total. The number of nitrogens with one attached hydrogen (secondary N) is 1. The number of fused-ring (bicyclic) bond motifs is 1. The Morgan fingerprint density at radius 2 is 1.70 bits per heavy atom. The summed E-state index contributed by atoms with van der Waals surface area (Å²) in [6.45, 7) is 5.40. The van der Waals surface area contributed by atoms with Crippen LogP contribution in [0, 0.1) is 5.92 Å². The average Bonchev–Trinajstić information content (AvgIpc) is 2.81. The van der Waals surface area contributed by atoms with Crippen LogP contribution >= 0.6 is 0 Å². The van der Waals surface area contributed by atoms with E-state index in [4.69, 9.17) is 14.2 Å². The van der Waals surface area contributed by atoms with Crippen molar-refractivity contribution in [3.63, 3.8) is 0 Å². The molecule has 174 valence electrons. The fraction of sp³-hybridized carbons (Fsp3) is 0.333. The number of methoxy groups -OCH3 is 1. The number of esters is 1. The Hall–Kier alpha value is -3.88. The Balaban J connectivity index is 1.78. The second-order valence-electron chi connectivity index (χ2n) is 7.69. The van der Waals surface area contributed by atoms with Gasteiger partial charge in [0.2, 0.25) is 12.2 Å². The average molecular weight is 453 g/mol. The maximum Gasteiger partial charge on any atom is 0.419 e. The summed E-state index contributed by atoms with van der Waals surface area (Å²) in [5.41, 5.74) is 1.70. The number of hydrogen-bond acceptors (Lipinski definition) is 8. The number of carbonyl (C=O) groups excluding carboxylic acids is 2. The first-order valence-electron chi connectivity index (χ1n) is 10.6. The molecule has 0 aliphatic heterocycles. The van der Waals surface area contributed by atoms with Gasteiger partial charge in [0.25, 0.3) is 0 Å². The van der Waals surface area contributed by atoms with Crippen LogP contribution in [0.5, 0.6) is 5.75 Å². The van der Waals surface area contributed by atoms with E-state index in [1.807, 2.05) is 48.5 Å². The number of rotatable bonds is 8. The Kier molecular flexibility index (Phi) is 7.66. The number of hydrogen-bond donors (Lipinski definition) is 1. The highest BCUT2D eigenvalue weighted by Crippen LogP contribution is 2.24. The SMILES string of the molecule is COc1ccc(CNc2nc(N(C)C(=O)OC(C)OC(=O)C(C)C)nc3ccccc23)cc1. The molecule has 1 amide bonds. The van der Waals surface area contributed by atoms with E-state index < -0.39 is 18.4 Å². The van der Waals surface area contributed by atoms with Crippen molar-refractivity contribution in [2.45, 2.75) is 33.6 Å². The Labute approximate surface area is 192 Å². The smallest absolute Gasteiger partial charge is 0.419 e. The summed E-state index contributed by atoms with van der Waals surface area (Å²) in [5, 5.41) is 4.13. The highest BCUT2D eigenvalue weighted by molar-refractivity contribution is 5.92. The van der Waals surface area contributed by atoms with Crippen molar-refractivity contribution in [1.29, 1.82) is 0 Å². The van der Waals surface area contributed by atoms with Crippen LogP contribution in [-0.4, -0.2) is 42.5 Å². The molecule has 1 unspecified atom stereocenters. The largest absolute Gasteiger partial charge is 0.497 e. The third-order valence-corrected chi connectivity index (χ3v) is 4.80. The number of aromatic nitrogens is 2. The quantitative estimate of drug-likeness (QED) is 0.397. The van der Waals surface area contributed by atoms with E-state index >= 15 is 0 Å². The first-order valence-corrected chi connectivity index (χ1v) is 10.6. The second-order valence-corrected chi connectivity index (χ2v) is 7.69. The second kappa shape index (κ2) is 10.6. The number of benzene rings is 2. The van der Waals surface area contributed by atoms with Gasteiger partial charge in [-0.15, -0.1) is 0 Å². The van der Waals surface area contributed by atoms with Gasteiger partial charge in [-0.05, 0) is 29.8 Å². The van der Waals surface area contributed by atoms with Crippen LogP contribution in [0.15, 0.2) is 48.5 Å². The number of carbonyl (C=O) groups is 2. The molecule has 0 aliphatic rings. The Morgan fingerprint density at radius 1 is 1.00 bits per heavy atom. The van der Waals surface area contributed by atoms with Gasteiger partial charge < -0.3 is 19.5 Å². The summed E-state index contributed by atoms with van der Waals surface area (Å²) in [4.78, 5) is 34.5. The van der Waals surface area contributed by atoms with Gasteiger partial charge in [0, 0.05) is 25.9 Å². The van der Waals surface area contributed by atoms with E-state index in [-0.39, 0.29) is 11.9 Å². The van der Waals surface area contributed by atoms with Gasteiger partial charge in [0.15, 0.2) is 0 Å². The molecule has 3 aromatic rings. The van der Waals surface area contributed by atoms with Crippen LogP contribution in [0.1, 0.15) is 26.3 Å². The van der Waals surface area contributed by atoms with Crippen molar-refractivity contribution in [3.05, 3.63) is 54.1 Å². The van der Waals surface area contributed by atoms with Crippen LogP contribution in [0.25, 0.3) is 10.9 Å². The predicted molar refractivity (Wildman–Crippen MR) is 125 cm³/mol. The number of para-hydroxylation sites is 1. The lowest BCUT2D eigenvalue weighted by Gasteiger charge is -2.20. The number of ether oxygens (including phenoxy) is 3. The summed E-state index contributed by atoms with van der Waals surface area (Å²) in [7, 11) is 3.12. The zero-order valence-electron chi connectivity index (χ0n) is 19.4. The molecule has 1 heterocycles. The minimum Gasteiger partial charge on any atom is -0.497 e. The lowest BCUT2D eigenvalue weighted by molar-refractivity contribution is -0.168. The molecule has 0 fully saturated rings. The van der Waals surface area contributed by atoms with E-state index in [1.165, 1.54) is 18.9 Å². The molecule has 0 aliphatic carbocycles. The van der Waals surface area contributed by atoms with Crippen molar-refractivity contribution in [3.8, 4) is 5.75 Å². The van der Waals surface area contributed by atoms with Crippen LogP contribution < -0.4 is 15.0 Å². The molecular formula is C24H28N4O5. The molecule has 2 aromatic carbocycles. The summed E-state index contributed by atoms with van der Waals surface area (Å²) >= 11 is 0. The first-order chi connectivity index (χ1) is 15.8. The summed E-state index contributed by atoms with van der Waals surface area (Å²) in [6, 6.07) is 15.2. The van der Waals surface area contributed by atoms with Crippen LogP contribution in [0.3, 0.4) is 0 Å². The molecule has 9 heteroatoms. The molecule has 0 saturated carbocycles. The van der Waals surface area contributed by atoms with E-state index in [0.717, 1.165) is 16.7 Å². The van der Waals surface area contributed by atoms with E-state index in [9.17, 15) is 9.59 Å². The first kappa shape index (κ1) is 23.8. The van der Waals surface area contributed by atoms with Crippen molar-refractivity contribution in [1.82, 2.24) is 9.97 Å². The molecule has 3 rings (SSSR count). The van der Waals surface area contributed by atoms with Crippen LogP contribution in [0.2, 0.25) is 0 Å². The van der Waals surface area contributed by atoms with E-state index in [2.05, 4.69) is 15.3 Å². The van der Waals surface area contributed by atoms with Crippen LogP contribution in [0.4, 0.5) is 16.6 Å². The highest BCUT2D eigenvalue weighted by Gasteiger charge is 2.22. The maximum atomic E-state index is 12.6. The lowest BCUT2D eigenvalue weighted by atomic mass is 10.2. The molecule has 0 bridgehead atoms. The van der Waals surface area contributed by atoms with E-state index in [0.29, 0.717) is 17.9 Å². The van der Waals surface area contributed by atoms with Gasteiger partial charge in [-0.3, -0.25) is 4.79 Å². The van der Waals surface area contributed by atoms with E-state index in [1.54, 1.807) is 21.0 Å². The van der Waals surface area contributed by atoms with Crippen molar-refractivity contribution in [2.24, 2.45) is 5.92 Å². The van der Waals surface area contributed by atoms with Gasteiger partial charge >= 0.3 is 12.1 Å². The topological polar surface area (TPSA) is 103 Å². The minimum atomic E-state index is -1.04. The molecule has 1 N–H and O–H groups in total. The maximum absolute atomic E-state index is 12.6. The Morgan fingerprint density at radius 3 is 2.36 bits per heavy atom. The molecule has 0 spiro atoms. The fourth-order valence-corrected chi connectivity index (χ4v) is 2.90. The number of anilines is 2. The highest BCUT2D eigenvalue weighted by atomic mass is 16.7. The van der Waals surface area contributed by atoms with Gasteiger partial charge in [-0.2, -0.15) is 4.98 Å². The monoisotopic (exact) mass is 452 g/mol. The third-order valence-electron chi connectivity index (χ3n) is 4.80. The van der Waals surface area contributed by atoms with Crippen molar-refractivity contribution >= 4 is 34.7 Å². The van der Waals surface area contributed by atoms with Gasteiger partial charge in [-0.25, -0.2) is 14.7 Å². The third kappa shape index (κ3) is 6.09. The molecule has 33 heavy (non-hydrogen) atoms. The summed E-state index contributed by atoms with van der Waals surface area (Å²) in [5.74, 6) is 0.725. The lowest BCUT2D eigenvalue weighted by Crippen LogP contribution is -2.33. The molecule has 1 atom stereocenters. The summed E-state index contributed by atoms with van der Waals surface area (Å²) < 4.78 is 15.5. The number of amides is 1. The van der Waals surface area contributed by atoms with Crippen molar-refractivity contribution < 1.29 is 23.8 Å². The minimum absolute atomic E-state index is 0.151.